The third-order valence-electron chi connectivity index (χ3n) is 5.18. The molecule has 8 heteroatoms. The molecular formula is C20H20N4O4. The van der Waals surface area contributed by atoms with Crippen molar-refractivity contribution in [2.24, 2.45) is 0 Å². The molecule has 4 rings (SSSR count). The lowest BCUT2D eigenvalue weighted by atomic mass is 10.0. The minimum Gasteiger partial charge on any atom is -0.497 e. The number of rotatable bonds is 4. The van der Waals surface area contributed by atoms with Crippen molar-refractivity contribution < 1.29 is 19.4 Å². The van der Waals surface area contributed by atoms with Crippen LogP contribution >= 0.6 is 0 Å². The van der Waals surface area contributed by atoms with Gasteiger partial charge in [0.2, 0.25) is 5.91 Å². The number of carbonyl (C=O) groups excluding carboxylic acids is 1. The van der Waals surface area contributed by atoms with Gasteiger partial charge in [-0.2, -0.15) is 0 Å². The third kappa shape index (κ3) is 3.06. The second-order valence-corrected chi connectivity index (χ2v) is 6.83. The van der Waals surface area contributed by atoms with Crippen LogP contribution in [0.2, 0.25) is 0 Å². The quantitative estimate of drug-likeness (QED) is 0.741. The molecule has 1 amide bonds. The van der Waals surface area contributed by atoms with Gasteiger partial charge in [-0.1, -0.05) is 24.3 Å². The van der Waals surface area contributed by atoms with Crippen LogP contribution in [0, 0.1) is 6.92 Å². The number of hydrogen-bond acceptors (Lipinski definition) is 5. The van der Waals surface area contributed by atoms with Crippen LogP contribution in [0.15, 0.2) is 36.4 Å². The fraction of sp³-hybridized carbons (Fsp3) is 0.300. The monoisotopic (exact) mass is 380 g/mol. The van der Waals surface area contributed by atoms with E-state index in [0.29, 0.717) is 17.4 Å². The number of carboxylic acids is 1. The number of benzene rings is 2. The number of hydrogen-bond donors (Lipinski definition) is 1. The first-order chi connectivity index (χ1) is 13.5. The highest BCUT2D eigenvalue weighted by Crippen LogP contribution is 2.26. The summed E-state index contributed by atoms with van der Waals surface area (Å²) >= 11 is 0. The van der Waals surface area contributed by atoms with E-state index in [0.717, 1.165) is 16.3 Å². The van der Waals surface area contributed by atoms with Crippen LogP contribution in [0.3, 0.4) is 0 Å². The van der Waals surface area contributed by atoms with Gasteiger partial charge < -0.3 is 19.3 Å². The lowest BCUT2D eigenvalue weighted by molar-refractivity contribution is -0.152. The highest BCUT2D eigenvalue weighted by molar-refractivity contribution is 5.92. The Kier molecular flexibility index (Phi) is 4.46. The number of carbonyl (C=O) groups is 2. The summed E-state index contributed by atoms with van der Waals surface area (Å²) in [5, 5.41) is 19.6. The van der Waals surface area contributed by atoms with E-state index in [1.165, 1.54) is 4.90 Å². The van der Waals surface area contributed by atoms with Crippen LogP contribution in [0.4, 0.5) is 0 Å². The van der Waals surface area contributed by atoms with E-state index >= 15 is 0 Å². The maximum absolute atomic E-state index is 13.1. The molecule has 1 atom stereocenters. The van der Waals surface area contributed by atoms with Gasteiger partial charge in [0.15, 0.2) is 5.82 Å². The number of aromatic nitrogens is 3. The normalized spacial score (nSPS) is 16.1. The predicted octanol–water partition coefficient (Wildman–Crippen LogP) is 1.79. The lowest BCUT2D eigenvalue weighted by Gasteiger charge is -2.33. The molecule has 0 saturated heterocycles. The first-order valence-electron chi connectivity index (χ1n) is 8.94. The maximum atomic E-state index is 13.1. The summed E-state index contributed by atoms with van der Waals surface area (Å²) in [6.07, 6.45) is 0.0986. The molecule has 1 aliphatic rings. The van der Waals surface area contributed by atoms with E-state index in [-0.39, 0.29) is 25.4 Å². The second kappa shape index (κ2) is 6.95. The second-order valence-electron chi connectivity index (χ2n) is 6.83. The molecule has 8 nitrogen and oxygen atoms in total. The van der Waals surface area contributed by atoms with Gasteiger partial charge in [0.05, 0.1) is 26.6 Å². The summed E-state index contributed by atoms with van der Waals surface area (Å²) in [4.78, 5) is 26.2. The number of nitrogens with zero attached hydrogens (tertiary/aromatic N) is 4. The Hall–Kier alpha value is -3.42. The first kappa shape index (κ1) is 18.0. The molecular weight excluding hydrogens is 360 g/mol. The Morgan fingerprint density at radius 3 is 2.82 bits per heavy atom. The standard InChI is InChI=1S/C20H20N4O4/c1-12-21-22-18-11-24(17(20(26)27)10-23(12)18)19(25)8-14-5-3-4-13-6-7-15(28-2)9-16(13)14/h3-7,9,17H,8,10-11H2,1-2H3,(H,26,27). The van der Waals surface area contributed by atoms with Crippen LogP contribution in [0.5, 0.6) is 5.75 Å². The van der Waals surface area contributed by atoms with Gasteiger partial charge in [0.1, 0.15) is 17.6 Å². The molecule has 1 aliphatic heterocycles. The molecule has 0 saturated carbocycles. The smallest absolute Gasteiger partial charge is 0.328 e. The average Bonchev–Trinajstić information content (AvgIpc) is 3.07. The molecule has 2 heterocycles. The fourth-order valence-electron chi connectivity index (χ4n) is 3.65. The highest BCUT2D eigenvalue weighted by atomic mass is 16.5. The molecule has 28 heavy (non-hydrogen) atoms. The van der Waals surface area contributed by atoms with Gasteiger partial charge in [-0.05, 0) is 35.4 Å². The summed E-state index contributed by atoms with van der Waals surface area (Å²) in [7, 11) is 1.60. The first-order valence-corrected chi connectivity index (χ1v) is 8.94. The van der Waals surface area contributed by atoms with Gasteiger partial charge in [-0.25, -0.2) is 4.79 Å². The Balaban J connectivity index is 1.66. The molecule has 0 aliphatic carbocycles. The predicted molar refractivity (Wildman–Crippen MR) is 101 cm³/mol. The van der Waals surface area contributed by atoms with E-state index in [9.17, 15) is 14.7 Å². The van der Waals surface area contributed by atoms with Crippen molar-refractivity contribution in [2.45, 2.75) is 32.5 Å². The van der Waals surface area contributed by atoms with Crippen LogP contribution in [0.1, 0.15) is 17.2 Å². The highest BCUT2D eigenvalue weighted by Gasteiger charge is 2.36. The van der Waals surface area contributed by atoms with Crippen LogP contribution < -0.4 is 4.74 Å². The van der Waals surface area contributed by atoms with E-state index in [4.69, 9.17) is 4.74 Å². The minimum atomic E-state index is -1.04. The Morgan fingerprint density at radius 2 is 2.07 bits per heavy atom. The van der Waals surface area contributed by atoms with Gasteiger partial charge in [0.25, 0.3) is 0 Å². The fourth-order valence-corrected chi connectivity index (χ4v) is 3.65. The number of fused-ring (bicyclic) bond motifs is 2. The summed E-state index contributed by atoms with van der Waals surface area (Å²) in [6, 6.07) is 10.5. The lowest BCUT2D eigenvalue weighted by Crippen LogP contribution is -2.51. The molecule has 0 radical (unpaired) electrons. The number of aryl methyl sites for hydroxylation is 1. The van der Waals surface area contributed by atoms with Crippen molar-refractivity contribution in [1.29, 1.82) is 0 Å². The summed E-state index contributed by atoms with van der Waals surface area (Å²) < 4.78 is 7.05. The Labute approximate surface area is 161 Å². The van der Waals surface area contributed by atoms with E-state index in [2.05, 4.69) is 10.2 Å². The number of carboxylic acid groups (broad SMARTS) is 1. The summed E-state index contributed by atoms with van der Waals surface area (Å²) in [5.41, 5.74) is 0.828. The molecule has 1 aromatic heterocycles. The summed E-state index contributed by atoms with van der Waals surface area (Å²) in [6.45, 7) is 2.06. The van der Waals surface area contributed by atoms with Gasteiger partial charge in [-0.15, -0.1) is 10.2 Å². The topological polar surface area (TPSA) is 97.5 Å². The van der Waals surface area contributed by atoms with Gasteiger partial charge in [0, 0.05) is 0 Å². The number of ether oxygens (including phenoxy) is 1. The van der Waals surface area contributed by atoms with Crippen molar-refractivity contribution in [3.8, 4) is 5.75 Å². The molecule has 1 N–H and O–H groups in total. The molecule has 0 spiro atoms. The number of amides is 1. The zero-order valence-electron chi connectivity index (χ0n) is 15.6. The van der Waals surface area contributed by atoms with E-state index in [1.807, 2.05) is 36.4 Å². The largest absolute Gasteiger partial charge is 0.497 e. The molecule has 144 valence electrons. The van der Waals surface area contributed by atoms with E-state index in [1.54, 1.807) is 18.6 Å². The number of methoxy groups -OCH3 is 1. The Bertz CT molecular complexity index is 1080. The summed E-state index contributed by atoms with van der Waals surface area (Å²) in [5.74, 6) is 0.663. The van der Waals surface area contributed by atoms with Gasteiger partial charge >= 0.3 is 5.97 Å². The van der Waals surface area contributed by atoms with Crippen molar-refractivity contribution >= 4 is 22.6 Å². The molecule has 2 aromatic carbocycles. The van der Waals surface area contributed by atoms with Gasteiger partial charge in [-0.3, -0.25) is 4.79 Å². The third-order valence-corrected chi connectivity index (χ3v) is 5.18. The molecule has 0 fully saturated rings. The molecule has 3 aromatic rings. The molecule has 1 unspecified atom stereocenters. The number of aliphatic carboxylic acids is 1. The SMILES string of the molecule is COc1ccc2cccc(CC(=O)N3Cc4nnc(C)n4CC3C(=O)O)c2c1. The minimum absolute atomic E-state index is 0.0986. The van der Waals surface area contributed by atoms with E-state index < -0.39 is 12.0 Å². The van der Waals surface area contributed by atoms with Crippen molar-refractivity contribution in [3.05, 3.63) is 53.6 Å². The average molecular weight is 380 g/mol. The zero-order valence-corrected chi connectivity index (χ0v) is 15.6. The van der Waals surface area contributed by atoms with Crippen molar-refractivity contribution in [1.82, 2.24) is 19.7 Å². The Morgan fingerprint density at radius 1 is 1.25 bits per heavy atom. The van der Waals surface area contributed by atoms with Crippen molar-refractivity contribution in [2.75, 3.05) is 7.11 Å². The van der Waals surface area contributed by atoms with Crippen LogP contribution in [-0.4, -0.2) is 49.8 Å². The van der Waals surface area contributed by atoms with Crippen LogP contribution in [0.25, 0.3) is 10.8 Å². The van der Waals surface area contributed by atoms with Crippen LogP contribution in [-0.2, 0) is 29.1 Å². The molecule has 0 bridgehead atoms. The zero-order chi connectivity index (χ0) is 19.8. The maximum Gasteiger partial charge on any atom is 0.328 e. The van der Waals surface area contributed by atoms with Crippen molar-refractivity contribution in [3.63, 3.8) is 0 Å².